The Balaban J connectivity index is 1.41. The van der Waals surface area contributed by atoms with Crippen LogP contribution in [0.3, 0.4) is 0 Å². The fourth-order valence-corrected chi connectivity index (χ4v) is 3.46. The van der Waals surface area contributed by atoms with Gasteiger partial charge < -0.3 is 5.32 Å². The Kier molecular flexibility index (Phi) is 4.94. The summed E-state index contributed by atoms with van der Waals surface area (Å²) in [4.78, 5) is 22.2. The van der Waals surface area contributed by atoms with Gasteiger partial charge in [0.1, 0.15) is 0 Å². The van der Waals surface area contributed by atoms with E-state index in [4.69, 9.17) is 0 Å². The van der Waals surface area contributed by atoms with E-state index in [0.717, 1.165) is 27.8 Å². The summed E-state index contributed by atoms with van der Waals surface area (Å²) < 4.78 is 1.79. The molecule has 3 aromatic heterocycles. The van der Waals surface area contributed by atoms with Crippen LogP contribution in [0, 0.1) is 0 Å². The minimum Gasteiger partial charge on any atom is -0.348 e. The van der Waals surface area contributed by atoms with E-state index in [1.54, 1.807) is 23.1 Å². The highest BCUT2D eigenvalue weighted by atomic mass is 16.1. The number of rotatable bonds is 5. The molecule has 0 radical (unpaired) electrons. The molecule has 150 valence electrons. The third-order valence-corrected chi connectivity index (χ3v) is 5.00. The fourth-order valence-electron chi connectivity index (χ4n) is 3.46. The number of hydrogen-bond acceptors (Lipinski definition) is 4. The normalized spacial score (nSPS) is 10.8. The van der Waals surface area contributed by atoms with E-state index in [0.29, 0.717) is 17.8 Å². The van der Waals surface area contributed by atoms with E-state index >= 15 is 0 Å². The van der Waals surface area contributed by atoms with E-state index in [-0.39, 0.29) is 5.91 Å². The smallest absolute Gasteiger partial charge is 0.252 e. The predicted molar refractivity (Wildman–Crippen MR) is 120 cm³/mol. The molecule has 0 atom stereocenters. The summed E-state index contributed by atoms with van der Waals surface area (Å²) in [5.41, 5.74) is 4.61. The van der Waals surface area contributed by atoms with Gasteiger partial charge in [-0.3, -0.25) is 9.78 Å². The van der Waals surface area contributed by atoms with Crippen molar-refractivity contribution in [2.24, 2.45) is 0 Å². The topological polar surface area (TPSA) is 72.7 Å². The highest BCUT2D eigenvalue weighted by molar-refractivity contribution is 6.07. The molecule has 1 amide bonds. The lowest BCUT2D eigenvalue weighted by Gasteiger charge is -2.10. The van der Waals surface area contributed by atoms with Gasteiger partial charge in [-0.05, 0) is 36.4 Å². The number of nitrogens with one attached hydrogen (secondary N) is 1. The highest BCUT2D eigenvalue weighted by Crippen LogP contribution is 2.23. The van der Waals surface area contributed by atoms with E-state index in [1.165, 1.54) is 0 Å². The van der Waals surface area contributed by atoms with Crippen LogP contribution in [0.2, 0.25) is 0 Å². The van der Waals surface area contributed by atoms with Gasteiger partial charge in [0.25, 0.3) is 5.91 Å². The van der Waals surface area contributed by atoms with Crippen molar-refractivity contribution < 1.29 is 4.79 Å². The van der Waals surface area contributed by atoms with Crippen LogP contribution in [-0.4, -0.2) is 25.7 Å². The number of pyridine rings is 2. The Labute approximate surface area is 179 Å². The van der Waals surface area contributed by atoms with E-state index in [9.17, 15) is 4.79 Å². The molecule has 5 aromatic rings. The Morgan fingerprint density at radius 2 is 1.71 bits per heavy atom. The van der Waals surface area contributed by atoms with Gasteiger partial charge in [-0.1, -0.05) is 42.5 Å². The maximum Gasteiger partial charge on any atom is 0.252 e. The molecule has 6 heteroatoms. The third-order valence-electron chi connectivity index (χ3n) is 5.00. The van der Waals surface area contributed by atoms with Crippen molar-refractivity contribution in [3.8, 4) is 17.1 Å². The van der Waals surface area contributed by atoms with Crippen molar-refractivity contribution >= 4 is 16.8 Å². The predicted octanol–water partition coefficient (Wildman–Crippen LogP) is 4.41. The lowest BCUT2D eigenvalue weighted by Crippen LogP contribution is -2.23. The van der Waals surface area contributed by atoms with Crippen molar-refractivity contribution in [3.05, 3.63) is 109 Å². The van der Waals surface area contributed by atoms with Gasteiger partial charge in [-0.15, -0.1) is 0 Å². The van der Waals surface area contributed by atoms with Crippen LogP contribution in [0.25, 0.3) is 28.0 Å². The van der Waals surface area contributed by atoms with E-state index in [2.05, 4.69) is 20.4 Å². The number of amides is 1. The van der Waals surface area contributed by atoms with Crippen LogP contribution in [0.15, 0.2) is 97.5 Å². The van der Waals surface area contributed by atoms with Crippen LogP contribution in [0.1, 0.15) is 15.9 Å². The average Bonchev–Trinajstić information content (AvgIpc) is 3.32. The molecule has 2 aromatic carbocycles. The molecule has 0 spiro atoms. The number of carbonyl (C=O) groups excluding carboxylic acids is 1. The Morgan fingerprint density at radius 3 is 2.55 bits per heavy atom. The molecule has 0 aliphatic carbocycles. The zero-order chi connectivity index (χ0) is 21.0. The first-order chi connectivity index (χ1) is 15.3. The molecular weight excluding hydrogens is 386 g/mol. The van der Waals surface area contributed by atoms with Crippen molar-refractivity contribution in [1.29, 1.82) is 0 Å². The van der Waals surface area contributed by atoms with Gasteiger partial charge in [0.15, 0.2) is 0 Å². The second-order valence-corrected chi connectivity index (χ2v) is 7.10. The van der Waals surface area contributed by atoms with Crippen LogP contribution in [0.4, 0.5) is 0 Å². The summed E-state index contributed by atoms with van der Waals surface area (Å²) >= 11 is 0. The van der Waals surface area contributed by atoms with Gasteiger partial charge in [-0.2, -0.15) is 5.10 Å². The maximum atomic E-state index is 13.1. The number of benzene rings is 2. The monoisotopic (exact) mass is 405 g/mol. The highest BCUT2D eigenvalue weighted by Gasteiger charge is 2.14. The molecule has 6 nitrogen and oxygen atoms in total. The van der Waals surface area contributed by atoms with Gasteiger partial charge in [0, 0.05) is 29.9 Å². The number of carbonyl (C=O) groups is 1. The zero-order valence-corrected chi connectivity index (χ0v) is 16.6. The number of aromatic nitrogens is 4. The van der Waals surface area contributed by atoms with Crippen molar-refractivity contribution in [1.82, 2.24) is 25.1 Å². The van der Waals surface area contributed by atoms with E-state index < -0.39 is 0 Å². The molecule has 0 unspecified atom stereocenters. The molecule has 0 fully saturated rings. The van der Waals surface area contributed by atoms with Gasteiger partial charge in [0.05, 0.1) is 34.4 Å². The first-order valence-corrected chi connectivity index (χ1v) is 9.96. The first-order valence-electron chi connectivity index (χ1n) is 9.96. The Hall–Kier alpha value is -4.32. The molecule has 5 rings (SSSR count). The van der Waals surface area contributed by atoms with Crippen molar-refractivity contribution in [2.75, 3.05) is 0 Å². The zero-order valence-electron chi connectivity index (χ0n) is 16.6. The van der Waals surface area contributed by atoms with Crippen LogP contribution in [-0.2, 0) is 6.54 Å². The molecule has 0 saturated carbocycles. The van der Waals surface area contributed by atoms with Crippen LogP contribution in [0.5, 0.6) is 0 Å². The van der Waals surface area contributed by atoms with Gasteiger partial charge in [0.2, 0.25) is 0 Å². The molecule has 0 aliphatic heterocycles. The number of nitrogens with zero attached hydrogens (tertiary/aromatic N) is 4. The third kappa shape index (κ3) is 3.91. The van der Waals surface area contributed by atoms with Crippen LogP contribution >= 0.6 is 0 Å². The number of fused-ring (bicyclic) bond motifs is 1. The summed E-state index contributed by atoms with van der Waals surface area (Å²) in [7, 11) is 0. The summed E-state index contributed by atoms with van der Waals surface area (Å²) in [5.74, 6) is -0.164. The number of para-hydroxylation sites is 2. The summed E-state index contributed by atoms with van der Waals surface area (Å²) in [6.45, 7) is 0.376. The fraction of sp³-hybridized carbons (Fsp3) is 0.0400. The van der Waals surface area contributed by atoms with Crippen molar-refractivity contribution in [2.45, 2.75) is 6.54 Å². The molecule has 0 bridgehead atoms. The van der Waals surface area contributed by atoms with Crippen LogP contribution < -0.4 is 5.32 Å². The average molecular weight is 405 g/mol. The second kappa shape index (κ2) is 8.20. The summed E-state index contributed by atoms with van der Waals surface area (Å²) in [6.07, 6.45) is 5.40. The maximum absolute atomic E-state index is 13.1. The largest absolute Gasteiger partial charge is 0.348 e. The summed E-state index contributed by atoms with van der Waals surface area (Å²) in [5, 5.41) is 8.20. The lowest BCUT2D eigenvalue weighted by atomic mass is 10.1. The quantitative estimate of drug-likeness (QED) is 0.470. The van der Waals surface area contributed by atoms with Gasteiger partial charge >= 0.3 is 0 Å². The molecular formula is C25H19N5O. The molecule has 31 heavy (non-hydrogen) atoms. The Morgan fingerprint density at radius 1 is 0.903 bits per heavy atom. The molecule has 3 heterocycles. The minimum absolute atomic E-state index is 0.164. The Bertz CT molecular complexity index is 1350. The lowest BCUT2D eigenvalue weighted by molar-refractivity contribution is 0.0952. The first kappa shape index (κ1) is 18.7. The summed E-state index contributed by atoms with van der Waals surface area (Å²) in [6, 6.07) is 24.9. The molecule has 1 N–H and O–H groups in total. The van der Waals surface area contributed by atoms with E-state index in [1.807, 2.05) is 79.0 Å². The van der Waals surface area contributed by atoms with Gasteiger partial charge in [-0.25, -0.2) is 9.67 Å². The SMILES string of the molecule is O=C(NCc1cnn(-c2ccccc2)c1)c1cc(-c2ccccn2)nc2ccccc12. The molecule has 0 aliphatic rings. The molecule has 0 saturated heterocycles. The second-order valence-electron chi connectivity index (χ2n) is 7.10. The minimum atomic E-state index is -0.164. The standard InChI is InChI=1S/C25H19N5O/c31-25(27-15-18-16-28-30(17-18)19-8-2-1-3-9-19)21-14-24(23-12-6-7-13-26-23)29-22-11-5-4-10-20(21)22/h1-14,16-17H,15H2,(H,27,31). The van der Waals surface area contributed by atoms with Crippen molar-refractivity contribution in [3.63, 3.8) is 0 Å². The number of hydrogen-bond donors (Lipinski definition) is 1.